The van der Waals surface area contributed by atoms with Crippen LogP contribution in [0.3, 0.4) is 0 Å². The lowest BCUT2D eigenvalue weighted by atomic mass is 9.97. The summed E-state index contributed by atoms with van der Waals surface area (Å²) in [6.45, 7) is 2.75. The molecule has 2 aromatic carbocycles. The minimum atomic E-state index is -0.936. The lowest BCUT2D eigenvalue weighted by Gasteiger charge is -2.24. The second-order valence-corrected chi connectivity index (χ2v) is 10.6. The van der Waals surface area contributed by atoms with Crippen molar-refractivity contribution in [2.24, 2.45) is 0 Å². The van der Waals surface area contributed by atoms with E-state index in [1.54, 1.807) is 23.5 Å². The summed E-state index contributed by atoms with van der Waals surface area (Å²) in [7, 11) is 0. The Morgan fingerprint density at radius 1 is 1.05 bits per heavy atom. The fourth-order valence-corrected chi connectivity index (χ4v) is 5.63. The molecule has 1 aliphatic carbocycles. The van der Waals surface area contributed by atoms with E-state index in [0.717, 1.165) is 52.8 Å². The number of nitrogens with one attached hydrogen (secondary N) is 1. The Hall–Kier alpha value is -3.85. The van der Waals surface area contributed by atoms with E-state index in [1.807, 2.05) is 30.3 Å². The Balaban J connectivity index is 1.30. The largest absolute Gasteiger partial charge is 0.486 e. The summed E-state index contributed by atoms with van der Waals surface area (Å²) in [5.41, 5.74) is 5.00. The third-order valence-electron chi connectivity index (χ3n) is 6.90. The standard InChI is InChI=1S/C30H33N3O5S/c34-28(35)12-14-31-29(36)23-8-6-22(7-9-23)19-33(15-13-21-4-2-1-3-5-21)30-32-25(20-39-30)24-10-11-26-27(18-24)38-17-16-37-26/h4,6-11,18,20H,1-3,5,12-17,19H2,(H,31,36)(H,34,35). The van der Waals surface area contributed by atoms with Gasteiger partial charge in [0.15, 0.2) is 16.6 Å². The first-order valence-corrected chi connectivity index (χ1v) is 14.3. The average Bonchev–Trinajstić information content (AvgIpc) is 3.46. The van der Waals surface area contributed by atoms with Crippen LogP contribution in [-0.2, 0) is 11.3 Å². The molecule has 5 rings (SSSR count). The van der Waals surface area contributed by atoms with Gasteiger partial charge in [-0.25, -0.2) is 4.98 Å². The number of allylic oxidation sites excluding steroid dienone is 1. The van der Waals surface area contributed by atoms with E-state index in [9.17, 15) is 9.59 Å². The summed E-state index contributed by atoms with van der Waals surface area (Å²) >= 11 is 1.63. The van der Waals surface area contributed by atoms with Crippen LogP contribution in [0.4, 0.5) is 5.13 Å². The third kappa shape index (κ3) is 7.17. The molecular weight excluding hydrogens is 514 g/mol. The lowest BCUT2D eigenvalue weighted by molar-refractivity contribution is -0.136. The van der Waals surface area contributed by atoms with Crippen LogP contribution in [0.5, 0.6) is 11.5 Å². The predicted octanol–water partition coefficient (Wildman–Crippen LogP) is 5.68. The number of ether oxygens (including phenoxy) is 2. The number of thiazole rings is 1. The van der Waals surface area contributed by atoms with Gasteiger partial charge in [-0.15, -0.1) is 11.3 Å². The van der Waals surface area contributed by atoms with E-state index in [-0.39, 0.29) is 18.9 Å². The number of anilines is 1. The Kier molecular flexibility index (Phi) is 8.78. The summed E-state index contributed by atoms with van der Waals surface area (Å²) < 4.78 is 11.4. The van der Waals surface area contributed by atoms with Gasteiger partial charge in [-0.05, 0) is 68.0 Å². The number of fused-ring (bicyclic) bond motifs is 1. The van der Waals surface area contributed by atoms with Gasteiger partial charge in [-0.1, -0.05) is 23.8 Å². The quantitative estimate of drug-likeness (QED) is 0.298. The van der Waals surface area contributed by atoms with Crippen LogP contribution in [0.2, 0.25) is 0 Å². The predicted molar refractivity (Wildman–Crippen MR) is 152 cm³/mol. The van der Waals surface area contributed by atoms with Gasteiger partial charge in [0.05, 0.1) is 12.1 Å². The zero-order valence-electron chi connectivity index (χ0n) is 21.9. The first-order chi connectivity index (χ1) is 19.0. The van der Waals surface area contributed by atoms with Crippen molar-refractivity contribution >= 4 is 28.3 Å². The number of rotatable bonds is 11. The fraction of sp³-hybridized carbons (Fsp3) is 0.367. The maximum Gasteiger partial charge on any atom is 0.305 e. The minimum absolute atomic E-state index is 0.0999. The Labute approximate surface area is 232 Å². The maximum atomic E-state index is 12.3. The van der Waals surface area contributed by atoms with Crippen LogP contribution in [0.25, 0.3) is 11.3 Å². The van der Waals surface area contributed by atoms with Crippen molar-refractivity contribution in [2.75, 3.05) is 31.2 Å². The van der Waals surface area contributed by atoms with E-state index < -0.39 is 5.97 Å². The molecule has 204 valence electrons. The highest BCUT2D eigenvalue weighted by atomic mass is 32.1. The summed E-state index contributed by atoms with van der Waals surface area (Å²) in [4.78, 5) is 30.4. The Morgan fingerprint density at radius 3 is 2.64 bits per heavy atom. The molecule has 0 saturated carbocycles. The number of aliphatic carboxylic acids is 1. The molecule has 0 bridgehead atoms. The van der Waals surface area contributed by atoms with Gasteiger partial charge in [-0.2, -0.15) is 0 Å². The van der Waals surface area contributed by atoms with E-state index in [1.165, 1.54) is 24.8 Å². The Morgan fingerprint density at radius 2 is 1.87 bits per heavy atom. The second-order valence-electron chi connectivity index (χ2n) is 9.75. The zero-order valence-corrected chi connectivity index (χ0v) is 22.7. The molecule has 0 saturated heterocycles. The highest BCUT2D eigenvalue weighted by Crippen LogP contribution is 2.36. The van der Waals surface area contributed by atoms with Gasteiger partial charge in [0.25, 0.3) is 5.91 Å². The van der Waals surface area contributed by atoms with Crippen LogP contribution in [0.15, 0.2) is 59.5 Å². The molecule has 0 atom stereocenters. The number of benzene rings is 2. The molecule has 2 heterocycles. The molecule has 2 aliphatic rings. The number of carbonyl (C=O) groups excluding carboxylic acids is 1. The highest BCUT2D eigenvalue weighted by molar-refractivity contribution is 7.14. The van der Waals surface area contributed by atoms with Crippen molar-refractivity contribution in [3.63, 3.8) is 0 Å². The maximum absolute atomic E-state index is 12.3. The monoisotopic (exact) mass is 547 g/mol. The first-order valence-electron chi connectivity index (χ1n) is 13.4. The zero-order chi connectivity index (χ0) is 27.0. The van der Waals surface area contributed by atoms with Crippen molar-refractivity contribution < 1.29 is 24.2 Å². The smallest absolute Gasteiger partial charge is 0.305 e. The third-order valence-corrected chi connectivity index (χ3v) is 7.80. The van der Waals surface area contributed by atoms with Crippen LogP contribution in [-0.4, -0.2) is 48.3 Å². The number of amides is 1. The number of carbonyl (C=O) groups is 2. The molecule has 39 heavy (non-hydrogen) atoms. The molecule has 0 spiro atoms. The minimum Gasteiger partial charge on any atom is -0.486 e. The molecule has 0 unspecified atom stereocenters. The van der Waals surface area contributed by atoms with E-state index in [4.69, 9.17) is 19.6 Å². The molecular formula is C30H33N3O5S. The summed E-state index contributed by atoms with van der Waals surface area (Å²) in [5, 5.41) is 14.5. The second kappa shape index (κ2) is 12.8. The molecule has 0 fully saturated rings. The number of aromatic nitrogens is 1. The van der Waals surface area contributed by atoms with Gasteiger partial charge in [-0.3, -0.25) is 9.59 Å². The first kappa shape index (κ1) is 26.7. The average molecular weight is 548 g/mol. The summed E-state index contributed by atoms with van der Waals surface area (Å²) in [6.07, 6.45) is 8.15. The Bertz CT molecular complexity index is 1330. The van der Waals surface area contributed by atoms with Crippen molar-refractivity contribution in [1.82, 2.24) is 10.3 Å². The number of hydrogen-bond acceptors (Lipinski definition) is 7. The topological polar surface area (TPSA) is 101 Å². The van der Waals surface area contributed by atoms with Crippen LogP contribution in [0, 0.1) is 0 Å². The van der Waals surface area contributed by atoms with Crippen LogP contribution >= 0.6 is 11.3 Å². The lowest BCUT2D eigenvalue weighted by Crippen LogP contribution is -2.26. The number of hydrogen-bond donors (Lipinski definition) is 2. The molecule has 1 aliphatic heterocycles. The normalized spacial score (nSPS) is 14.4. The van der Waals surface area contributed by atoms with Crippen molar-refractivity contribution in [3.8, 4) is 22.8 Å². The van der Waals surface area contributed by atoms with Crippen LogP contribution in [0.1, 0.15) is 54.4 Å². The fourth-order valence-electron chi connectivity index (χ4n) is 4.76. The number of carboxylic acids is 1. The highest BCUT2D eigenvalue weighted by Gasteiger charge is 2.17. The number of carboxylic acid groups (broad SMARTS) is 1. The van der Waals surface area contributed by atoms with Crippen molar-refractivity contribution in [1.29, 1.82) is 0 Å². The molecule has 0 radical (unpaired) electrons. The van der Waals surface area contributed by atoms with E-state index in [2.05, 4.69) is 21.7 Å². The van der Waals surface area contributed by atoms with Gasteiger partial charge < -0.3 is 24.8 Å². The van der Waals surface area contributed by atoms with E-state index in [0.29, 0.717) is 25.3 Å². The number of nitrogens with zero attached hydrogens (tertiary/aromatic N) is 2. The molecule has 1 aromatic heterocycles. The molecule has 3 aromatic rings. The SMILES string of the molecule is O=C(O)CCNC(=O)c1ccc(CN(CCC2=CCCCC2)c2nc(-c3ccc4c(c3)OCCO4)cs2)cc1. The van der Waals surface area contributed by atoms with E-state index >= 15 is 0 Å². The summed E-state index contributed by atoms with van der Waals surface area (Å²) in [5.74, 6) is 0.310. The molecule has 8 nitrogen and oxygen atoms in total. The van der Waals surface area contributed by atoms with Gasteiger partial charge in [0.2, 0.25) is 0 Å². The van der Waals surface area contributed by atoms with Gasteiger partial charge >= 0.3 is 5.97 Å². The molecule has 2 N–H and O–H groups in total. The molecule has 9 heteroatoms. The molecule has 1 amide bonds. The van der Waals surface area contributed by atoms with Gasteiger partial charge in [0, 0.05) is 36.1 Å². The van der Waals surface area contributed by atoms with Crippen molar-refractivity contribution in [2.45, 2.75) is 45.1 Å². The summed E-state index contributed by atoms with van der Waals surface area (Å²) in [6, 6.07) is 13.4. The van der Waals surface area contributed by atoms with Crippen LogP contribution < -0.4 is 19.7 Å². The van der Waals surface area contributed by atoms with Crippen molar-refractivity contribution in [3.05, 3.63) is 70.6 Å². The van der Waals surface area contributed by atoms with Gasteiger partial charge in [0.1, 0.15) is 13.2 Å².